The highest BCUT2D eigenvalue weighted by molar-refractivity contribution is 7.98. The quantitative estimate of drug-likeness (QED) is 0.621. The van der Waals surface area contributed by atoms with Crippen molar-refractivity contribution in [1.29, 1.82) is 0 Å². The van der Waals surface area contributed by atoms with Crippen molar-refractivity contribution in [3.63, 3.8) is 0 Å². The molecule has 134 valence electrons. The van der Waals surface area contributed by atoms with Crippen molar-refractivity contribution in [2.45, 2.75) is 18.7 Å². The Hall–Kier alpha value is -2.53. The van der Waals surface area contributed by atoms with Crippen molar-refractivity contribution >= 4 is 28.4 Å². The molecule has 2 aromatic carbocycles. The molecule has 0 aliphatic heterocycles. The Bertz CT molecular complexity index is 931. The molecule has 0 saturated heterocycles. The van der Waals surface area contributed by atoms with Crippen LogP contribution < -0.4 is 10.9 Å². The first kappa shape index (κ1) is 18.3. The van der Waals surface area contributed by atoms with Gasteiger partial charge in [0.2, 0.25) is 5.91 Å². The van der Waals surface area contributed by atoms with Gasteiger partial charge in [-0.25, -0.2) is 0 Å². The first-order chi connectivity index (χ1) is 12.7. The summed E-state index contributed by atoms with van der Waals surface area (Å²) in [5.41, 5.74) is 1.24. The summed E-state index contributed by atoms with van der Waals surface area (Å²) >= 11 is 1.81. The molecule has 26 heavy (non-hydrogen) atoms. The summed E-state index contributed by atoms with van der Waals surface area (Å²) in [7, 11) is 0. The van der Waals surface area contributed by atoms with Gasteiger partial charge in [-0.1, -0.05) is 48.5 Å². The zero-order valence-corrected chi connectivity index (χ0v) is 15.4. The maximum atomic E-state index is 11.9. The number of hydrogen-bond acceptors (Lipinski definition) is 3. The van der Waals surface area contributed by atoms with E-state index < -0.39 is 0 Å². The fourth-order valence-electron chi connectivity index (χ4n) is 2.82. The van der Waals surface area contributed by atoms with Gasteiger partial charge in [-0.15, -0.1) is 0 Å². The monoisotopic (exact) mass is 366 g/mol. The molecule has 0 spiro atoms. The summed E-state index contributed by atoms with van der Waals surface area (Å²) in [4.78, 5) is 23.5. The van der Waals surface area contributed by atoms with E-state index in [1.54, 1.807) is 22.9 Å². The molecule has 0 atom stereocenters. The molecule has 1 heterocycles. The Morgan fingerprint density at radius 3 is 2.69 bits per heavy atom. The van der Waals surface area contributed by atoms with Crippen LogP contribution in [0.1, 0.15) is 12.0 Å². The standard InChI is InChI=1S/C21H22N2O2S/c24-20(11-14-23-13-4-3-10-21(23)25)22-12-15-26-16-18-8-5-7-17-6-1-2-9-19(17)18/h1-10,13H,11-12,14-16H2,(H,22,24). The van der Waals surface area contributed by atoms with Crippen LogP contribution in [0.2, 0.25) is 0 Å². The number of nitrogens with zero attached hydrogens (tertiary/aromatic N) is 1. The number of fused-ring (bicyclic) bond motifs is 1. The van der Waals surface area contributed by atoms with Crippen molar-refractivity contribution < 1.29 is 4.79 Å². The van der Waals surface area contributed by atoms with Gasteiger partial charge in [0.15, 0.2) is 0 Å². The molecule has 3 rings (SSSR count). The van der Waals surface area contributed by atoms with E-state index in [0.29, 0.717) is 19.5 Å². The van der Waals surface area contributed by atoms with Gasteiger partial charge < -0.3 is 9.88 Å². The third-order valence-corrected chi connectivity index (χ3v) is 5.19. The second-order valence-electron chi connectivity index (χ2n) is 6.02. The maximum absolute atomic E-state index is 11.9. The third kappa shape index (κ3) is 4.99. The van der Waals surface area contributed by atoms with Crippen molar-refractivity contribution in [2.24, 2.45) is 0 Å². The molecule has 0 unspecified atom stereocenters. The molecule has 1 aromatic heterocycles. The van der Waals surface area contributed by atoms with Crippen LogP contribution in [0.25, 0.3) is 10.8 Å². The van der Waals surface area contributed by atoms with E-state index in [1.807, 2.05) is 11.8 Å². The molecule has 3 aromatic rings. The lowest BCUT2D eigenvalue weighted by Crippen LogP contribution is -2.28. The van der Waals surface area contributed by atoms with Crippen LogP contribution in [0.15, 0.2) is 71.7 Å². The first-order valence-electron chi connectivity index (χ1n) is 8.70. The second-order valence-corrected chi connectivity index (χ2v) is 7.13. The number of rotatable bonds is 8. The van der Waals surface area contributed by atoms with Crippen molar-refractivity contribution in [3.8, 4) is 0 Å². The third-order valence-electron chi connectivity index (χ3n) is 4.18. The fraction of sp³-hybridized carbons (Fsp3) is 0.238. The largest absolute Gasteiger partial charge is 0.355 e. The normalized spacial score (nSPS) is 10.8. The summed E-state index contributed by atoms with van der Waals surface area (Å²) in [6.45, 7) is 1.05. The number of pyridine rings is 1. The highest BCUT2D eigenvalue weighted by Crippen LogP contribution is 2.22. The number of aromatic nitrogens is 1. The lowest BCUT2D eigenvalue weighted by atomic mass is 10.1. The van der Waals surface area contributed by atoms with Crippen LogP contribution in [0, 0.1) is 0 Å². The minimum atomic E-state index is -0.0778. The highest BCUT2D eigenvalue weighted by Gasteiger charge is 2.03. The minimum Gasteiger partial charge on any atom is -0.355 e. The van der Waals surface area contributed by atoms with E-state index in [0.717, 1.165) is 11.5 Å². The Kier molecular flexibility index (Phi) is 6.50. The molecule has 1 N–H and O–H groups in total. The van der Waals surface area contributed by atoms with E-state index in [-0.39, 0.29) is 11.5 Å². The van der Waals surface area contributed by atoms with Crippen molar-refractivity contribution in [1.82, 2.24) is 9.88 Å². The summed E-state index contributed by atoms with van der Waals surface area (Å²) in [5, 5.41) is 5.47. The maximum Gasteiger partial charge on any atom is 0.250 e. The van der Waals surface area contributed by atoms with Crippen LogP contribution in [-0.2, 0) is 17.1 Å². The van der Waals surface area contributed by atoms with Gasteiger partial charge in [0.25, 0.3) is 5.56 Å². The topological polar surface area (TPSA) is 51.1 Å². The van der Waals surface area contributed by atoms with Gasteiger partial charge >= 0.3 is 0 Å². The number of amides is 1. The van der Waals surface area contributed by atoms with Crippen molar-refractivity contribution in [3.05, 3.63) is 82.8 Å². The predicted molar refractivity (Wildman–Crippen MR) is 108 cm³/mol. The minimum absolute atomic E-state index is 0.0217. The molecule has 0 radical (unpaired) electrons. The highest BCUT2D eigenvalue weighted by atomic mass is 32.2. The summed E-state index contributed by atoms with van der Waals surface area (Å²) in [6, 6.07) is 19.8. The first-order valence-corrected chi connectivity index (χ1v) is 9.86. The Labute approximate surface area is 157 Å². The molecule has 0 aliphatic rings. The van der Waals surface area contributed by atoms with E-state index in [9.17, 15) is 9.59 Å². The summed E-state index contributed by atoms with van der Waals surface area (Å²) in [5.74, 6) is 1.77. The number of nitrogens with one attached hydrogen (secondary N) is 1. The smallest absolute Gasteiger partial charge is 0.250 e. The van der Waals surface area contributed by atoms with Crippen LogP contribution in [0.4, 0.5) is 0 Å². The molecule has 0 fully saturated rings. The van der Waals surface area contributed by atoms with Gasteiger partial charge in [-0.2, -0.15) is 11.8 Å². The number of hydrogen-bond donors (Lipinski definition) is 1. The Morgan fingerprint density at radius 1 is 1.00 bits per heavy atom. The Morgan fingerprint density at radius 2 is 1.81 bits per heavy atom. The predicted octanol–water partition coefficient (Wildman–Crippen LogP) is 3.44. The molecular weight excluding hydrogens is 344 g/mol. The van der Waals surface area contributed by atoms with Gasteiger partial charge in [-0.05, 0) is 22.4 Å². The van der Waals surface area contributed by atoms with Gasteiger partial charge in [-0.3, -0.25) is 9.59 Å². The van der Waals surface area contributed by atoms with E-state index in [2.05, 4.69) is 47.8 Å². The molecule has 0 bridgehead atoms. The average molecular weight is 366 g/mol. The molecular formula is C21H22N2O2S. The molecule has 5 heteroatoms. The summed E-state index contributed by atoms with van der Waals surface area (Å²) in [6.07, 6.45) is 2.02. The van der Waals surface area contributed by atoms with Crippen LogP contribution in [0.3, 0.4) is 0 Å². The van der Waals surface area contributed by atoms with Gasteiger partial charge in [0.1, 0.15) is 0 Å². The fourth-order valence-corrected chi connectivity index (χ4v) is 3.68. The van der Waals surface area contributed by atoms with E-state index >= 15 is 0 Å². The molecule has 4 nitrogen and oxygen atoms in total. The number of thioether (sulfide) groups is 1. The molecule has 0 aliphatic carbocycles. The van der Waals surface area contributed by atoms with Crippen LogP contribution in [-0.4, -0.2) is 22.8 Å². The van der Waals surface area contributed by atoms with E-state index in [1.165, 1.54) is 22.4 Å². The average Bonchev–Trinajstić information content (AvgIpc) is 2.67. The molecule has 1 amide bonds. The number of aryl methyl sites for hydroxylation is 1. The molecule has 0 saturated carbocycles. The number of carbonyl (C=O) groups is 1. The van der Waals surface area contributed by atoms with Crippen LogP contribution in [0.5, 0.6) is 0 Å². The van der Waals surface area contributed by atoms with Gasteiger partial charge in [0, 0.05) is 43.3 Å². The second kappa shape index (κ2) is 9.25. The van der Waals surface area contributed by atoms with E-state index in [4.69, 9.17) is 0 Å². The Balaban J connectivity index is 1.38. The zero-order chi connectivity index (χ0) is 18.2. The summed E-state index contributed by atoms with van der Waals surface area (Å²) < 4.78 is 1.55. The lowest BCUT2D eigenvalue weighted by Gasteiger charge is -2.08. The van der Waals surface area contributed by atoms with Crippen LogP contribution >= 0.6 is 11.8 Å². The number of benzene rings is 2. The zero-order valence-electron chi connectivity index (χ0n) is 14.6. The van der Waals surface area contributed by atoms with Crippen molar-refractivity contribution in [2.75, 3.05) is 12.3 Å². The number of carbonyl (C=O) groups excluding carboxylic acids is 1. The SMILES string of the molecule is O=C(CCn1ccccc1=O)NCCSCc1cccc2ccccc12. The lowest BCUT2D eigenvalue weighted by molar-refractivity contribution is -0.121. The van der Waals surface area contributed by atoms with Gasteiger partial charge in [0.05, 0.1) is 0 Å².